The van der Waals surface area contributed by atoms with Gasteiger partial charge in [0.2, 0.25) is 0 Å². The first kappa shape index (κ1) is 16.9. The molecule has 0 spiro atoms. The van der Waals surface area contributed by atoms with Gasteiger partial charge in [0, 0.05) is 11.8 Å². The van der Waals surface area contributed by atoms with Crippen LogP contribution in [0.25, 0.3) is 5.57 Å². The molecule has 1 aromatic rings. The van der Waals surface area contributed by atoms with E-state index < -0.39 is 0 Å². The van der Waals surface area contributed by atoms with Crippen molar-refractivity contribution in [3.8, 4) is 0 Å². The van der Waals surface area contributed by atoms with Crippen molar-refractivity contribution < 1.29 is 32.7 Å². The first-order valence-corrected chi connectivity index (χ1v) is 5.38. The smallest absolute Gasteiger partial charge is 0.358 e. The Labute approximate surface area is 130 Å². The van der Waals surface area contributed by atoms with E-state index in [9.17, 15) is 0 Å². The van der Waals surface area contributed by atoms with E-state index in [1.54, 1.807) is 6.33 Å². The number of hydrogen-bond acceptors (Lipinski definition) is 2. The van der Waals surface area contributed by atoms with Gasteiger partial charge in [-0.15, -0.1) is 0 Å². The summed E-state index contributed by atoms with van der Waals surface area (Å²) in [5, 5.41) is 0. The molecule has 0 bridgehead atoms. The van der Waals surface area contributed by atoms with Gasteiger partial charge in [0.05, 0.1) is 5.69 Å². The van der Waals surface area contributed by atoms with Crippen LogP contribution in [0.2, 0.25) is 0 Å². The van der Waals surface area contributed by atoms with E-state index in [2.05, 4.69) is 36.8 Å². The second kappa shape index (κ2) is 6.75. The predicted molar refractivity (Wildman–Crippen MR) is 68.3 cm³/mol. The van der Waals surface area contributed by atoms with Crippen LogP contribution in [0.1, 0.15) is 37.4 Å². The molecule has 0 aliphatic heterocycles. The van der Waals surface area contributed by atoms with Crippen molar-refractivity contribution >= 4 is 5.57 Å². The molecule has 0 saturated heterocycles. The third-order valence-corrected chi connectivity index (χ3v) is 3.28. The Balaban J connectivity index is 0.00000128. The van der Waals surface area contributed by atoms with Gasteiger partial charge in [-0.05, 0) is 17.4 Å². The summed E-state index contributed by atoms with van der Waals surface area (Å²) in [6.45, 7) is 10.2. The van der Waals surface area contributed by atoms with Crippen molar-refractivity contribution in [2.75, 3.05) is 0 Å². The monoisotopic (exact) mass is 304 g/mol. The molecular formula is C14H19N2Y. The van der Waals surface area contributed by atoms with E-state index in [4.69, 9.17) is 0 Å². The van der Waals surface area contributed by atoms with E-state index >= 15 is 0 Å². The molecule has 1 aliphatic rings. The van der Waals surface area contributed by atoms with Crippen molar-refractivity contribution in [3.63, 3.8) is 0 Å². The molecule has 0 aromatic carbocycles. The summed E-state index contributed by atoms with van der Waals surface area (Å²) in [5.41, 5.74) is 3.58. The SMILES string of the molecule is [CH2-]CC1(C[CH2-])C=C(CC)c2ncncc21.[CH3-].[Y+3]. The van der Waals surface area contributed by atoms with Crippen LogP contribution in [-0.2, 0) is 38.1 Å². The maximum absolute atomic E-state index is 4.37. The van der Waals surface area contributed by atoms with E-state index in [0.717, 1.165) is 25.0 Å². The van der Waals surface area contributed by atoms with Crippen molar-refractivity contribution in [2.45, 2.75) is 31.6 Å². The molecule has 0 radical (unpaired) electrons. The molecule has 1 aliphatic carbocycles. The molecule has 1 heterocycles. The van der Waals surface area contributed by atoms with Gasteiger partial charge in [0.15, 0.2) is 0 Å². The van der Waals surface area contributed by atoms with Gasteiger partial charge < -0.3 is 21.3 Å². The summed E-state index contributed by atoms with van der Waals surface area (Å²) in [7, 11) is 0. The van der Waals surface area contributed by atoms with Crippen LogP contribution >= 0.6 is 0 Å². The Morgan fingerprint density at radius 3 is 2.47 bits per heavy atom. The predicted octanol–water partition coefficient (Wildman–Crippen LogP) is 3.42. The standard InChI is InChI=1S/C13H16N2.CH3.Y/c1-4-10-7-13(5-2,6-3)11-8-14-9-15-12(10)11;;/h7-9H,2-6H2,1H3;1H3;/q-2;-1;+3. The number of rotatable bonds is 3. The second-order valence-electron chi connectivity index (χ2n) is 3.96. The van der Waals surface area contributed by atoms with Crippen molar-refractivity contribution in [2.24, 2.45) is 0 Å². The van der Waals surface area contributed by atoms with Crippen LogP contribution in [0.5, 0.6) is 0 Å². The zero-order chi connectivity index (χ0) is 10.9. The second-order valence-corrected chi connectivity index (χ2v) is 3.96. The van der Waals surface area contributed by atoms with Crippen LogP contribution in [0, 0.1) is 21.3 Å². The Hall–Kier alpha value is -0.0761. The quantitative estimate of drug-likeness (QED) is 0.800. The van der Waals surface area contributed by atoms with Gasteiger partial charge in [-0.2, -0.15) is 12.8 Å². The average molecular weight is 304 g/mol. The van der Waals surface area contributed by atoms with E-state index in [-0.39, 0.29) is 45.6 Å². The Morgan fingerprint density at radius 1 is 1.29 bits per heavy atom. The first-order valence-electron chi connectivity index (χ1n) is 5.38. The number of hydrogen-bond donors (Lipinski definition) is 0. The zero-order valence-electron chi connectivity index (χ0n) is 10.7. The summed E-state index contributed by atoms with van der Waals surface area (Å²) in [4.78, 5) is 8.48. The number of aromatic nitrogens is 2. The summed E-state index contributed by atoms with van der Waals surface area (Å²) in [5.74, 6) is 0. The average Bonchev–Trinajstić information content (AvgIpc) is 2.64. The number of fused-ring (bicyclic) bond motifs is 1. The first-order chi connectivity index (χ1) is 7.27. The van der Waals surface area contributed by atoms with Crippen molar-refractivity contribution in [1.82, 2.24) is 9.97 Å². The van der Waals surface area contributed by atoms with Crippen LogP contribution < -0.4 is 0 Å². The molecule has 2 rings (SSSR count). The molecule has 17 heavy (non-hydrogen) atoms. The number of allylic oxidation sites excluding steroid dienone is 2. The molecule has 3 heteroatoms. The minimum absolute atomic E-state index is 0. The number of nitrogens with zero attached hydrogens (tertiary/aromatic N) is 2. The van der Waals surface area contributed by atoms with E-state index in [1.807, 2.05) is 6.20 Å². The minimum atomic E-state index is -0.0259. The van der Waals surface area contributed by atoms with Gasteiger partial charge in [0.1, 0.15) is 6.33 Å². The van der Waals surface area contributed by atoms with Crippen LogP contribution in [-0.4, -0.2) is 9.97 Å². The summed E-state index contributed by atoms with van der Waals surface area (Å²) >= 11 is 0. The van der Waals surface area contributed by atoms with Crippen LogP contribution in [0.15, 0.2) is 18.6 Å². The zero-order valence-corrected chi connectivity index (χ0v) is 13.6. The van der Waals surface area contributed by atoms with Crippen molar-refractivity contribution in [3.05, 3.63) is 51.1 Å². The molecule has 2 nitrogen and oxygen atoms in total. The summed E-state index contributed by atoms with van der Waals surface area (Å²) < 4.78 is 0. The molecule has 0 fully saturated rings. The van der Waals surface area contributed by atoms with Gasteiger partial charge >= 0.3 is 32.7 Å². The van der Waals surface area contributed by atoms with Crippen LogP contribution in [0.4, 0.5) is 0 Å². The third-order valence-electron chi connectivity index (χ3n) is 3.28. The largest absolute Gasteiger partial charge is 3.00 e. The topological polar surface area (TPSA) is 25.8 Å². The van der Waals surface area contributed by atoms with Gasteiger partial charge in [-0.25, -0.2) is 9.97 Å². The molecule has 0 saturated carbocycles. The minimum Gasteiger partial charge on any atom is -0.358 e. The normalized spacial score (nSPS) is 15.4. The summed E-state index contributed by atoms with van der Waals surface area (Å²) in [6, 6.07) is 0. The maximum atomic E-state index is 4.37. The Morgan fingerprint density at radius 2 is 1.94 bits per heavy atom. The van der Waals surface area contributed by atoms with Crippen LogP contribution in [0.3, 0.4) is 0 Å². The Kier molecular flexibility index (Phi) is 6.72. The fourth-order valence-electron chi connectivity index (χ4n) is 2.24. The molecular weight excluding hydrogens is 285 g/mol. The van der Waals surface area contributed by atoms with Gasteiger partial charge in [-0.3, -0.25) is 0 Å². The molecule has 88 valence electrons. The molecule has 0 N–H and O–H groups in total. The van der Waals surface area contributed by atoms with E-state index in [1.165, 1.54) is 11.1 Å². The summed E-state index contributed by atoms with van der Waals surface area (Å²) in [6.07, 6.45) is 8.46. The fraction of sp³-hybridized carbons (Fsp3) is 0.357. The molecule has 0 amide bonds. The molecule has 1 aromatic heterocycles. The van der Waals surface area contributed by atoms with Crippen molar-refractivity contribution in [1.29, 1.82) is 0 Å². The fourth-order valence-corrected chi connectivity index (χ4v) is 2.24. The third kappa shape index (κ3) is 2.68. The molecule has 0 atom stereocenters. The van der Waals surface area contributed by atoms with Gasteiger partial charge in [0.25, 0.3) is 0 Å². The molecule has 0 unspecified atom stereocenters. The maximum Gasteiger partial charge on any atom is 3.00 e. The van der Waals surface area contributed by atoms with Gasteiger partial charge in [-0.1, -0.05) is 13.0 Å². The van der Waals surface area contributed by atoms with E-state index in [0.29, 0.717) is 0 Å². The Bertz CT molecular complexity index is 395.